The maximum atomic E-state index is 11.1. The van der Waals surface area contributed by atoms with Crippen LogP contribution in [0, 0.1) is 17.8 Å². The zero-order valence-electron chi connectivity index (χ0n) is 7.38. The molecular weight excluding hydrogens is 152 g/mol. The van der Waals surface area contributed by atoms with E-state index in [1.54, 1.807) is 6.92 Å². The van der Waals surface area contributed by atoms with E-state index >= 15 is 0 Å². The molecule has 0 aromatic heterocycles. The standard InChI is InChI=1S/C10H14O2/c1-6(11)7-2-8-4-10(12)5-9(8)3-7/h7-9H,2-5H2,1H3/t7?,8-,9+. The Bertz CT molecular complexity index is 216. The minimum atomic E-state index is 0.271. The first-order valence-corrected chi connectivity index (χ1v) is 4.69. The van der Waals surface area contributed by atoms with E-state index in [0.717, 1.165) is 25.7 Å². The Morgan fingerprint density at radius 3 is 2.17 bits per heavy atom. The molecule has 0 aliphatic heterocycles. The Kier molecular flexibility index (Phi) is 1.78. The first kappa shape index (κ1) is 7.96. The van der Waals surface area contributed by atoms with Crippen LogP contribution in [-0.2, 0) is 9.59 Å². The van der Waals surface area contributed by atoms with Crippen LogP contribution in [0.3, 0.4) is 0 Å². The lowest BCUT2D eigenvalue weighted by atomic mass is 10.00. The van der Waals surface area contributed by atoms with Crippen LogP contribution in [0.5, 0.6) is 0 Å². The summed E-state index contributed by atoms with van der Waals surface area (Å²) in [7, 11) is 0. The van der Waals surface area contributed by atoms with E-state index < -0.39 is 0 Å². The number of carbonyl (C=O) groups is 2. The summed E-state index contributed by atoms with van der Waals surface area (Å²) in [6.45, 7) is 1.67. The van der Waals surface area contributed by atoms with Crippen LogP contribution >= 0.6 is 0 Å². The van der Waals surface area contributed by atoms with Crippen LogP contribution in [-0.4, -0.2) is 11.6 Å². The van der Waals surface area contributed by atoms with Gasteiger partial charge in [-0.15, -0.1) is 0 Å². The van der Waals surface area contributed by atoms with Gasteiger partial charge >= 0.3 is 0 Å². The predicted octanol–water partition coefficient (Wildman–Crippen LogP) is 1.58. The van der Waals surface area contributed by atoms with Gasteiger partial charge < -0.3 is 0 Å². The van der Waals surface area contributed by atoms with Gasteiger partial charge in [-0.3, -0.25) is 9.59 Å². The van der Waals surface area contributed by atoms with Crippen LogP contribution in [0.25, 0.3) is 0 Å². The predicted molar refractivity (Wildman–Crippen MR) is 44.6 cm³/mol. The highest BCUT2D eigenvalue weighted by atomic mass is 16.1. The Morgan fingerprint density at radius 2 is 1.75 bits per heavy atom. The summed E-state index contributed by atoms with van der Waals surface area (Å²) < 4.78 is 0. The largest absolute Gasteiger partial charge is 0.300 e. The number of hydrogen-bond acceptors (Lipinski definition) is 2. The molecule has 2 aliphatic rings. The normalized spacial score (nSPS) is 40.1. The number of ketones is 2. The van der Waals surface area contributed by atoms with E-state index in [-0.39, 0.29) is 5.92 Å². The topological polar surface area (TPSA) is 34.1 Å². The highest BCUT2D eigenvalue weighted by molar-refractivity contribution is 5.83. The zero-order valence-corrected chi connectivity index (χ0v) is 7.38. The highest BCUT2D eigenvalue weighted by Gasteiger charge is 2.42. The van der Waals surface area contributed by atoms with E-state index in [1.807, 2.05) is 0 Å². The van der Waals surface area contributed by atoms with Gasteiger partial charge in [-0.2, -0.15) is 0 Å². The fraction of sp³-hybridized carbons (Fsp3) is 0.800. The van der Waals surface area contributed by atoms with Crippen molar-refractivity contribution in [2.75, 3.05) is 0 Å². The molecule has 0 aromatic carbocycles. The van der Waals surface area contributed by atoms with Gasteiger partial charge in [-0.1, -0.05) is 0 Å². The molecule has 2 fully saturated rings. The van der Waals surface area contributed by atoms with Crippen LogP contribution in [0.1, 0.15) is 32.6 Å². The van der Waals surface area contributed by atoms with Crippen molar-refractivity contribution in [2.24, 2.45) is 17.8 Å². The van der Waals surface area contributed by atoms with Crippen molar-refractivity contribution >= 4 is 11.6 Å². The molecule has 0 saturated heterocycles. The number of hydrogen-bond donors (Lipinski definition) is 0. The molecule has 1 unspecified atom stereocenters. The van der Waals surface area contributed by atoms with Crippen molar-refractivity contribution < 1.29 is 9.59 Å². The SMILES string of the molecule is CC(=O)C1C[C@H]2CC(=O)C[C@H]2C1. The van der Waals surface area contributed by atoms with E-state index in [2.05, 4.69) is 0 Å². The molecule has 3 atom stereocenters. The third-order valence-corrected chi connectivity index (χ3v) is 3.40. The van der Waals surface area contributed by atoms with Gasteiger partial charge in [0.2, 0.25) is 0 Å². The average Bonchev–Trinajstić information content (AvgIpc) is 2.42. The lowest BCUT2D eigenvalue weighted by Crippen LogP contribution is -2.08. The Morgan fingerprint density at radius 1 is 1.25 bits per heavy atom. The fourth-order valence-electron chi connectivity index (χ4n) is 2.71. The second-order valence-electron chi connectivity index (χ2n) is 4.25. The number of carbonyl (C=O) groups excluding carboxylic acids is 2. The zero-order chi connectivity index (χ0) is 8.72. The smallest absolute Gasteiger partial charge is 0.133 e. The summed E-state index contributed by atoms with van der Waals surface area (Å²) in [6.07, 6.45) is 3.44. The number of fused-ring (bicyclic) bond motifs is 1. The average molecular weight is 166 g/mol. The van der Waals surface area contributed by atoms with Gasteiger partial charge in [0.15, 0.2) is 0 Å². The van der Waals surface area contributed by atoms with Crippen LogP contribution in [0.2, 0.25) is 0 Å². The van der Waals surface area contributed by atoms with Crippen molar-refractivity contribution in [3.63, 3.8) is 0 Å². The molecule has 0 bridgehead atoms. The van der Waals surface area contributed by atoms with Crippen molar-refractivity contribution in [1.29, 1.82) is 0 Å². The van der Waals surface area contributed by atoms with Crippen molar-refractivity contribution in [3.05, 3.63) is 0 Å². The molecule has 2 aliphatic carbocycles. The maximum absolute atomic E-state index is 11.1. The summed E-state index contributed by atoms with van der Waals surface area (Å²) in [5.74, 6) is 2.09. The summed E-state index contributed by atoms with van der Waals surface area (Å²) >= 11 is 0. The first-order valence-electron chi connectivity index (χ1n) is 4.69. The molecule has 2 nitrogen and oxygen atoms in total. The molecule has 2 heteroatoms. The Hall–Kier alpha value is -0.660. The molecule has 12 heavy (non-hydrogen) atoms. The molecule has 0 heterocycles. The second kappa shape index (κ2) is 2.68. The fourth-order valence-corrected chi connectivity index (χ4v) is 2.71. The third kappa shape index (κ3) is 1.19. The van der Waals surface area contributed by atoms with Gasteiger partial charge in [-0.05, 0) is 31.6 Å². The van der Waals surface area contributed by atoms with Crippen molar-refractivity contribution in [1.82, 2.24) is 0 Å². The minimum absolute atomic E-state index is 0.271. The third-order valence-electron chi connectivity index (χ3n) is 3.40. The molecule has 0 spiro atoms. The van der Waals surface area contributed by atoms with Gasteiger partial charge in [0.25, 0.3) is 0 Å². The Labute approximate surface area is 72.3 Å². The van der Waals surface area contributed by atoms with Crippen LogP contribution < -0.4 is 0 Å². The highest BCUT2D eigenvalue weighted by Crippen LogP contribution is 2.45. The van der Waals surface area contributed by atoms with Gasteiger partial charge in [-0.25, -0.2) is 0 Å². The molecule has 66 valence electrons. The minimum Gasteiger partial charge on any atom is -0.300 e. The molecule has 2 rings (SSSR count). The van der Waals surface area contributed by atoms with E-state index in [1.165, 1.54) is 0 Å². The second-order valence-corrected chi connectivity index (χ2v) is 4.25. The summed E-state index contributed by atoms with van der Waals surface area (Å²) in [5, 5.41) is 0. The van der Waals surface area contributed by atoms with Crippen LogP contribution in [0.4, 0.5) is 0 Å². The Balaban J connectivity index is 2.02. The quantitative estimate of drug-likeness (QED) is 0.592. The lowest BCUT2D eigenvalue weighted by Gasteiger charge is -2.04. The van der Waals surface area contributed by atoms with E-state index in [0.29, 0.717) is 23.4 Å². The summed E-state index contributed by atoms with van der Waals surface area (Å²) in [4.78, 5) is 22.1. The molecular formula is C10H14O2. The van der Waals surface area contributed by atoms with E-state index in [4.69, 9.17) is 0 Å². The van der Waals surface area contributed by atoms with E-state index in [9.17, 15) is 9.59 Å². The monoisotopic (exact) mass is 166 g/mol. The molecule has 0 radical (unpaired) electrons. The van der Waals surface area contributed by atoms with Crippen molar-refractivity contribution in [3.8, 4) is 0 Å². The van der Waals surface area contributed by atoms with Gasteiger partial charge in [0, 0.05) is 18.8 Å². The molecule has 2 saturated carbocycles. The summed E-state index contributed by atoms with van der Waals surface area (Å²) in [6, 6.07) is 0. The lowest BCUT2D eigenvalue weighted by molar-refractivity contribution is -0.122. The van der Waals surface area contributed by atoms with Gasteiger partial charge in [0.1, 0.15) is 11.6 Å². The number of Topliss-reactive ketones (excluding diaryl/α,β-unsaturated/α-hetero) is 2. The molecule has 0 N–H and O–H groups in total. The first-order chi connectivity index (χ1) is 5.66. The van der Waals surface area contributed by atoms with Gasteiger partial charge in [0.05, 0.1) is 0 Å². The summed E-state index contributed by atoms with van der Waals surface area (Å²) in [5.41, 5.74) is 0. The molecule has 0 aromatic rings. The van der Waals surface area contributed by atoms with Crippen molar-refractivity contribution in [2.45, 2.75) is 32.6 Å². The van der Waals surface area contributed by atoms with Crippen LogP contribution in [0.15, 0.2) is 0 Å². The molecule has 0 amide bonds. The number of rotatable bonds is 1. The maximum Gasteiger partial charge on any atom is 0.133 e.